The number of benzene rings is 2. The number of primary amides is 1. The highest BCUT2D eigenvalue weighted by Crippen LogP contribution is 2.33. The maximum Gasteiger partial charge on any atom is 0.249 e. The summed E-state index contributed by atoms with van der Waals surface area (Å²) in [7, 11) is 0. The average molecular weight is 372 g/mol. The zero-order valence-electron chi connectivity index (χ0n) is 14.3. The number of anilines is 2. The third-order valence-corrected chi connectivity index (χ3v) is 5.02. The van der Waals surface area contributed by atoms with Crippen LogP contribution < -0.4 is 11.1 Å². The first-order valence-electron chi connectivity index (χ1n) is 8.33. The molecule has 0 aliphatic heterocycles. The van der Waals surface area contributed by atoms with Crippen LogP contribution in [0.1, 0.15) is 10.4 Å². The lowest BCUT2D eigenvalue weighted by molar-refractivity contribution is 0.100. The number of hydrogen-bond donors (Lipinski definition) is 2. The predicted octanol–water partition coefficient (Wildman–Crippen LogP) is 4.71. The van der Waals surface area contributed by atoms with Crippen LogP contribution in [0.3, 0.4) is 0 Å². The molecule has 2 aromatic heterocycles. The Morgan fingerprint density at radius 1 is 0.889 bits per heavy atom. The lowest BCUT2D eigenvalue weighted by Crippen LogP contribution is -2.13. The Kier molecular flexibility index (Phi) is 4.63. The van der Waals surface area contributed by atoms with Crippen molar-refractivity contribution < 1.29 is 4.79 Å². The van der Waals surface area contributed by atoms with E-state index in [-0.39, 0.29) is 0 Å². The van der Waals surface area contributed by atoms with Gasteiger partial charge >= 0.3 is 0 Å². The van der Waals surface area contributed by atoms with Gasteiger partial charge in [0.25, 0.3) is 0 Å². The number of aromatic nitrogens is 2. The van der Waals surface area contributed by atoms with Crippen molar-refractivity contribution in [1.29, 1.82) is 0 Å². The third-order valence-electron chi connectivity index (χ3n) is 4.10. The Morgan fingerprint density at radius 3 is 2.33 bits per heavy atom. The first-order chi connectivity index (χ1) is 13.2. The van der Waals surface area contributed by atoms with E-state index in [9.17, 15) is 4.79 Å². The summed E-state index contributed by atoms with van der Waals surface area (Å²) in [6, 6.07) is 19.1. The van der Waals surface area contributed by atoms with Gasteiger partial charge < -0.3 is 11.1 Å². The number of amides is 1. The summed E-state index contributed by atoms with van der Waals surface area (Å²) in [6.07, 6.45) is 3.56. The number of nitrogens with one attached hydrogen (secondary N) is 1. The highest BCUT2D eigenvalue weighted by atomic mass is 32.1. The van der Waals surface area contributed by atoms with Gasteiger partial charge in [0, 0.05) is 39.6 Å². The largest absolute Gasteiger partial charge is 0.366 e. The summed E-state index contributed by atoms with van der Waals surface area (Å²) in [5.74, 6) is -0.0272. The molecule has 0 saturated heterocycles. The number of nitrogens with two attached hydrogens (primary N) is 1. The van der Waals surface area contributed by atoms with Crippen LogP contribution in [-0.2, 0) is 0 Å². The van der Waals surface area contributed by atoms with Crippen molar-refractivity contribution in [3.05, 3.63) is 84.0 Å². The molecule has 0 radical (unpaired) electrons. The second-order valence-electron chi connectivity index (χ2n) is 5.86. The van der Waals surface area contributed by atoms with Gasteiger partial charge in [0.15, 0.2) is 0 Å². The molecule has 0 saturated carbocycles. The van der Waals surface area contributed by atoms with Crippen LogP contribution in [0.4, 0.5) is 11.6 Å². The lowest BCUT2D eigenvalue weighted by atomic mass is 9.97. The van der Waals surface area contributed by atoms with Crippen LogP contribution in [0, 0.1) is 0 Å². The summed E-state index contributed by atoms with van der Waals surface area (Å²) >= 11 is 1.64. The minimum absolute atomic E-state index is 0.446. The molecule has 0 aliphatic rings. The van der Waals surface area contributed by atoms with Crippen molar-refractivity contribution in [1.82, 2.24) is 9.97 Å². The minimum atomic E-state index is -0.480. The van der Waals surface area contributed by atoms with E-state index in [1.807, 2.05) is 53.9 Å². The fraction of sp³-hybridized carbons (Fsp3) is 0. The molecule has 5 nitrogen and oxygen atoms in total. The molecule has 3 N–H and O–H groups in total. The normalized spacial score (nSPS) is 10.5. The van der Waals surface area contributed by atoms with Crippen molar-refractivity contribution in [2.45, 2.75) is 0 Å². The lowest BCUT2D eigenvalue weighted by Gasteiger charge is -2.14. The number of carbonyl (C=O) groups excluding carboxylic acids is 1. The molecule has 0 spiro atoms. The molecule has 27 heavy (non-hydrogen) atoms. The maximum atomic E-state index is 11.9. The van der Waals surface area contributed by atoms with E-state index in [2.05, 4.69) is 15.3 Å². The monoisotopic (exact) mass is 372 g/mol. The van der Waals surface area contributed by atoms with Crippen molar-refractivity contribution in [3.8, 4) is 21.6 Å². The zero-order valence-corrected chi connectivity index (χ0v) is 15.1. The summed E-state index contributed by atoms with van der Waals surface area (Å²) in [5, 5.41) is 5.23. The second kappa shape index (κ2) is 7.39. The Bertz CT molecular complexity index is 1060. The van der Waals surface area contributed by atoms with E-state index in [1.54, 1.807) is 35.9 Å². The minimum Gasteiger partial charge on any atom is -0.366 e. The molecule has 0 bridgehead atoms. The molecule has 2 heterocycles. The first-order valence-corrected chi connectivity index (χ1v) is 9.21. The molecule has 4 aromatic rings. The molecule has 0 aliphatic carbocycles. The molecule has 0 fully saturated rings. The van der Waals surface area contributed by atoms with E-state index in [0.717, 1.165) is 27.3 Å². The standard InChI is InChI=1S/C21H16N4OS/c22-20(26)16-8-4-9-17(19(16)14-6-2-1-3-7-14)25-21-23-12-15(13-24-21)18-10-5-11-27-18/h1-13H,(H2,22,26)(H,23,24,25). The quantitative estimate of drug-likeness (QED) is 0.531. The van der Waals surface area contributed by atoms with Crippen molar-refractivity contribution in [3.63, 3.8) is 0 Å². The van der Waals surface area contributed by atoms with E-state index in [1.165, 1.54) is 0 Å². The van der Waals surface area contributed by atoms with Gasteiger partial charge in [-0.05, 0) is 29.1 Å². The van der Waals surface area contributed by atoms with Gasteiger partial charge in [-0.1, -0.05) is 42.5 Å². The molecule has 6 heteroatoms. The molecule has 132 valence electrons. The van der Waals surface area contributed by atoms with Gasteiger partial charge in [0.1, 0.15) is 0 Å². The van der Waals surface area contributed by atoms with E-state index in [0.29, 0.717) is 11.5 Å². The SMILES string of the molecule is NC(=O)c1cccc(Nc2ncc(-c3cccs3)cn2)c1-c1ccccc1. The van der Waals surface area contributed by atoms with Crippen LogP contribution in [-0.4, -0.2) is 15.9 Å². The van der Waals surface area contributed by atoms with E-state index in [4.69, 9.17) is 5.73 Å². The number of nitrogens with zero attached hydrogens (tertiary/aromatic N) is 2. The van der Waals surface area contributed by atoms with Crippen molar-refractivity contribution in [2.24, 2.45) is 5.73 Å². The average Bonchev–Trinajstić information content (AvgIpc) is 3.24. The van der Waals surface area contributed by atoms with E-state index < -0.39 is 5.91 Å². The van der Waals surface area contributed by atoms with Crippen LogP contribution in [0.5, 0.6) is 0 Å². The fourth-order valence-electron chi connectivity index (χ4n) is 2.86. The molecule has 0 atom stereocenters. The molecular weight excluding hydrogens is 356 g/mol. The van der Waals surface area contributed by atoms with Gasteiger partial charge in [0.05, 0.1) is 0 Å². The van der Waals surface area contributed by atoms with Crippen LogP contribution in [0.2, 0.25) is 0 Å². The fourth-order valence-corrected chi connectivity index (χ4v) is 3.56. The van der Waals surface area contributed by atoms with Gasteiger partial charge in [-0.2, -0.15) is 0 Å². The van der Waals surface area contributed by atoms with E-state index >= 15 is 0 Å². The van der Waals surface area contributed by atoms with Gasteiger partial charge in [-0.25, -0.2) is 9.97 Å². The molecule has 2 aromatic carbocycles. The molecule has 1 amide bonds. The number of thiophene rings is 1. The zero-order chi connectivity index (χ0) is 18.6. The van der Waals surface area contributed by atoms with Gasteiger partial charge in [-0.15, -0.1) is 11.3 Å². The summed E-state index contributed by atoms with van der Waals surface area (Å²) < 4.78 is 0. The van der Waals surface area contributed by atoms with Crippen molar-refractivity contribution >= 4 is 28.9 Å². The Labute approximate surface area is 160 Å². The highest BCUT2D eigenvalue weighted by Gasteiger charge is 2.15. The van der Waals surface area contributed by atoms with Crippen LogP contribution >= 0.6 is 11.3 Å². The maximum absolute atomic E-state index is 11.9. The summed E-state index contributed by atoms with van der Waals surface area (Å²) in [6.45, 7) is 0. The van der Waals surface area contributed by atoms with Gasteiger partial charge in [-0.3, -0.25) is 4.79 Å². The van der Waals surface area contributed by atoms with Gasteiger partial charge in [0.2, 0.25) is 11.9 Å². The molecule has 4 rings (SSSR count). The number of hydrogen-bond acceptors (Lipinski definition) is 5. The smallest absolute Gasteiger partial charge is 0.249 e. The number of carbonyl (C=O) groups is 1. The topological polar surface area (TPSA) is 80.9 Å². The Morgan fingerprint density at radius 2 is 1.67 bits per heavy atom. The molecular formula is C21H16N4OS. The summed E-state index contributed by atoms with van der Waals surface area (Å²) in [5.41, 5.74) is 9.35. The number of rotatable bonds is 5. The van der Waals surface area contributed by atoms with Crippen LogP contribution in [0.15, 0.2) is 78.4 Å². The second-order valence-corrected chi connectivity index (χ2v) is 6.80. The van der Waals surface area contributed by atoms with Crippen molar-refractivity contribution in [2.75, 3.05) is 5.32 Å². The molecule has 0 unspecified atom stereocenters. The first kappa shape index (κ1) is 16.9. The Balaban J connectivity index is 1.72. The Hall–Kier alpha value is -3.51. The summed E-state index contributed by atoms with van der Waals surface area (Å²) in [4.78, 5) is 21.9. The van der Waals surface area contributed by atoms with Crippen LogP contribution in [0.25, 0.3) is 21.6 Å². The highest BCUT2D eigenvalue weighted by molar-refractivity contribution is 7.13. The predicted molar refractivity (Wildman–Crippen MR) is 109 cm³/mol. The third kappa shape index (κ3) is 3.56.